The number of carbonyl (C=O) groups excluding carboxylic acids is 4. The first-order valence-corrected chi connectivity index (χ1v) is 21.6. The molecule has 16 heteroatoms. The summed E-state index contributed by atoms with van der Waals surface area (Å²) >= 11 is 0. The number of allylic oxidation sites excluding steroid dienone is 2. The van der Waals surface area contributed by atoms with Crippen LogP contribution in [-0.4, -0.2) is 92.6 Å². The fraction of sp³-hybridized carbons (Fsp3) is 0.380. The molecule has 16 nitrogen and oxygen atoms in total. The molecule has 66 heavy (non-hydrogen) atoms. The van der Waals surface area contributed by atoms with Crippen molar-refractivity contribution >= 4 is 57.0 Å². The number of esters is 1. The van der Waals surface area contributed by atoms with Gasteiger partial charge in [-0.25, -0.2) is 5.43 Å². The quantitative estimate of drug-likeness (QED) is 0.0355. The predicted octanol–water partition coefficient (Wildman–Crippen LogP) is 6.60. The summed E-state index contributed by atoms with van der Waals surface area (Å²) in [5.74, 6) is -9.70. The fourth-order valence-electron chi connectivity index (χ4n) is 8.70. The van der Waals surface area contributed by atoms with Crippen LogP contribution in [0, 0.1) is 30.6 Å². The smallest absolute Gasteiger partial charge is 0.312 e. The average molecular weight is 908 g/mol. The Bertz CT molecular complexity index is 2680. The minimum absolute atomic E-state index is 0.00585. The normalized spacial score (nSPS) is 28.1. The van der Waals surface area contributed by atoms with Crippen molar-refractivity contribution < 1.29 is 63.7 Å². The van der Waals surface area contributed by atoms with E-state index < -0.39 is 106 Å². The number of phenols is 3. The number of hydrogen-bond donors (Lipinski definition) is 7. The van der Waals surface area contributed by atoms with Crippen LogP contribution in [0.5, 0.6) is 23.0 Å². The number of ketones is 1. The number of ether oxygens (including phenoxy) is 4. The molecule has 0 fully saturated rings. The Hall–Kier alpha value is -6.75. The molecule has 2 amide bonds. The number of methoxy groups -OCH3 is 1. The first-order chi connectivity index (χ1) is 31.2. The number of hydrogen-bond acceptors (Lipinski definition) is 14. The molecule has 3 aliphatic rings. The highest BCUT2D eigenvalue weighted by Crippen LogP contribution is 2.55. The maximum Gasteiger partial charge on any atom is 0.312 e. The van der Waals surface area contributed by atoms with Crippen LogP contribution in [0.15, 0.2) is 83.7 Å². The molecule has 0 aromatic heterocycles. The number of nitrogens with one attached hydrogen (secondary N) is 2. The Kier molecular flexibility index (Phi) is 14.6. The lowest BCUT2D eigenvalue weighted by atomic mass is 9.78. The topological polar surface area (TPSA) is 243 Å². The number of aliphatic hydroxyl groups is 2. The summed E-state index contributed by atoms with van der Waals surface area (Å²) in [6.45, 7) is 12.3. The molecule has 0 aliphatic carbocycles. The highest BCUT2D eigenvalue weighted by Gasteiger charge is 2.50. The first-order valence-electron chi connectivity index (χ1n) is 21.6. The van der Waals surface area contributed by atoms with Crippen LogP contribution in [0.25, 0.3) is 21.5 Å². The lowest BCUT2D eigenvalue weighted by Crippen LogP contribution is -2.46. The molecule has 4 aromatic rings. The Balaban J connectivity index is 1.48. The summed E-state index contributed by atoms with van der Waals surface area (Å²) in [6.07, 6.45) is 4.15. The number of aromatic hydroxyl groups is 3. The van der Waals surface area contributed by atoms with E-state index in [-0.39, 0.29) is 39.8 Å². The van der Waals surface area contributed by atoms with Crippen LogP contribution in [0.4, 0.5) is 5.69 Å². The van der Waals surface area contributed by atoms with Gasteiger partial charge >= 0.3 is 11.8 Å². The number of aliphatic hydroxyl groups excluding tert-OH is 2. The molecule has 0 spiro atoms. The van der Waals surface area contributed by atoms with Crippen molar-refractivity contribution in [3.63, 3.8) is 0 Å². The van der Waals surface area contributed by atoms with Gasteiger partial charge < -0.3 is 49.8 Å². The fourth-order valence-corrected chi connectivity index (χ4v) is 8.70. The van der Waals surface area contributed by atoms with Crippen molar-refractivity contribution in [2.45, 2.75) is 92.0 Å². The molecule has 5 bridgehead atoms. The number of Topliss-reactive ketones (excluding diaryl/α,β-unsaturated/α-hetero) is 1. The van der Waals surface area contributed by atoms with Gasteiger partial charge in [0.2, 0.25) is 5.91 Å². The van der Waals surface area contributed by atoms with Gasteiger partial charge in [0.1, 0.15) is 23.4 Å². The van der Waals surface area contributed by atoms with Crippen molar-refractivity contribution in [1.29, 1.82) is 0 Å². The second-order valence-corrected chi connectivity index (χ2v) is 17.2. The maximum absolute atomic E-state index is 14.5. The molecule has 0 saturated heterocycles. The molecule has 9 unspecified atom stereocenters. The Morgan fingerprint density at radius 2 is 1.61 bits per heavy atom. The van der Waals surface area contributed by atoms with E-state index in [0.29, 0.717) is 0 Å². The van der Waals surface area contributed by atoms with E-state index in [1.54, 1.807) is 33.8 Å². The Morgan fingerprint density at radius 3 is 2.30 bits per heavy atom. The van der Waals surface area contributed by atoms with E-state index in [1.807, 2.05) is 42.5 Å². The summed E-state index contributed by atoms with van der Waals surface area (Å²) in [7, 11) is 1.42. The molecule has 7 N–H and O–H groups in total. The number of amides is 2. The zero-order chi connectivity index (χ0) is 48.4. The van der Waals surface area contributed by atoms with Gasteiger partial charge in [0.25, 0.3) is 11.7 Å². The highest BCUT2D eigenvalue weighted by atomic mass is 16.7. The summed E-state index contributed by atoms with van der Waals surface area (Å²) in [5, 5.41) is 66.4. The molecule has 3 aliphatic heterocycles. The maximum atomic E-state index is 14.5. The average Bonchev–Trinajstić information content (AvgIpc) is 3.55. The monoisotopic (exact) mass is 907 g/mol. The number of benzene rings is 4. The van der Waals surface area contributed by atoms with Crippen molar-refractivity contribution in [3.05, 3.63) is 101 Å². The van der Waals surface area contributed by atoms with Gasteiger partial charge in [-0.05, 0) is 36.3 Å². The van der Waals surface area contributed by atoms with Crippen molar-refractivity contribution in [2.75, 3.05) is 12.4 Å². The minimum Gasteiger partial charge on any atom is -0.507 e. The van der Waals surface area contributed by atoms with Gasteiger partial charge in [0, 0.05) is 61.2 Å². The van der Waals surface area contributed by atoms with Gasteiger partial charge in [0.05, 0.1) is 59.4 Å². The lowest BCUT2D eigenvalue weighted by molar-refractivity contribution is -0.160. The van der Waals surface area contributed by atoms with Crippen molar-refractivity contribution in [3.8, 4) is 23.0 Å². The van der Waals surface area contributed by atoms with E-state index >= 15 is 0 Å². The van der Waals surface area contributed by atoms with E-state index in [0.717, 1.165) is 28.8 Å². The van der Waals surface area contributed by atoms with Crippen LogP contribution in [0.1, 0.15) is 75.5 Å². The van der Waals surface area contributed by atoms with Gasteiger partial charge in [0.15, 0.2) is 5.75 Å². The largest absolute Gasteiger partial charge is 0.507 e. The molecular weight excluding hydrogens is 851 g/mol. The third-order valence-corrected chi connectivity index (χ3v) is 12.6. The number of anilines is 1. The van der Waals surface area contributed by atoms with Gasteiger partial charge in [-0.1, -0.05) is 88.4 Å². The van der Waals surface area contributed by atoms with E-state index in [1.165, 1.54) is 53.0 Å². The molecule has 0 radical (unpaired) electrons. The highest BCUT2D eigenvalue weighted by molar-refractivity contribution is 6.24. The molecular formula is C50H57N3O13. The van der Waals surface area contributed by atoms with E-state index in [4.69, 9.17) is 18.9 Å². The number of hydrazone groups is 1. The third-order valence-electron chi connectivity index (χ3n) is 12.6. The van der Waals surface area contributed by atoms with Crippen LogP contribution >= 0.6 is 0 Å². The molecule has 350 valence electrons. The standard InChI is InChI=1S/C50H57N3O13/c1-24-14-12-15-25(2)49(62)52-40-34(23-51-53-36(55)22-32-18-13-17-31-16-10-11-19-33(31)32)44(59)37-38(45(40)60)43(58)29(6)47-39(37)48(61)50(8,66-47)64-21-20-35(63-9)26(3)46(65-30(7)54)28(5)42(57)27(4)41(24)56/h10-21,23-24,26-28,35,41-42,46,56-60H,22H2,1-9H3,(H,52,62)(H,53,55)/b14-12+,21-20+,25-15-,51-23+. The number of nitrogens with zero attached hydrogens (tertiary/aromatic N) is 1. The molecule has 4 aromatic carbocycles. The lowest BCUT2D eigenvalue weighted by Gasteiger charge is -2.38. The van der Waals surface area contributed by atoms with Crippen molar-refractivity contribution in [1.82, 2.24) is 5.43 Å². The molecule has 7 rings (SSSR count). The summed E-state index contributed by atoms with van der Waals surface area (Å²) < 4.78 is 23.6. The zero-order valence-corrected chi connectivity index (χ0v) is 38.3. The number of rotatable bonds is 6. The molecule has 0 saturated carbocycles. The van der Waals surface area contributed by atoms with Gasteiger partial charge in [-0.2, -0.15) is 5.10 Å². The summed E-state index contributed by atoms with van der Waals surface area (Å²) in [5.41, 5.74) is 2.21. The Morgan fingerprint density at radius 1 is 0.909 bits per heavy atom. The van der Waals surface area contributed by atoms with E-state index in [2.05, 4.69) is 15.8 Å². The molecule has 3 heterocycles. The summed E-state index contributed by atoms with van der Waals surface area (Å²) in [4.78, 5) is 54.0. The number of carbonyl (C=O) groups is 4. The third kappa shape index (κ3) is 9.48. The van der Waals surface area contributed by atoms with Crippen LogP contribution in [0.3, 0.4) is 0 Å². The predicted molar refractivity (Wildman–Crippen MR) is 247 cm³/mol. The van der Waals surface area contributed by atoms with Crippen LogP contribution < -0.4 is 15.5 Å². The van der Waals surface area contributed by atoms with Crippen molar-refractivity contribution in [2.24, 2.45) is 28.8 Å². The number of phenolic OH excluding ortho intramolecular Hbond substituents is 3. The minimum atomic E-state index is -2.12. The second kappa shape index (κ2) is 19.8. The number of fused-ring (bicyclic) bond motifs is 15. The Labute approximate surface area is 382 Å². The van der Waals surface area contributed by atoms with Gasteiger partial charge in [-0.15, -0.1) is 0 Å². The summed E-state index contributed by atoms with van der Waals surface area (Å²) in [6, 6.07) is 13.1. The SMILES string of the molecule is COC1/C=C/OC2(C)Oc3c(C)c(O)c4c(O)c(c(/C=N/NC(=O)Cc5cccc6ccccc56)c(O)c4c3C2=O)NC(=O)/C(C)=C\C=C\C(C)C(O)C(C)C(O)C(C)C(OC(C)=O)C1C. The van der Waals surface area contributed by atoms with Gasteiger partial charge in [-0.3, -0.25) is 19.2 Å². The zero-order valence-electron chi connectivity index (χ0n) is 38.3. The first kappa shape index (κ1) is 48.7. The van der Waals surface area contributed by atoms with Crippen LogP contribution in [0.2, 0.25) is 0 Å². The molecule has 9 atom stereocenters. The van der Waals surface area contributed by atoms with E-state index in [9.17, 15) is 44.7 Å². The second-order valence-electron chi connectivity index (χ2n) is 17.2. The van der Waals surface area contributed by atoms with Crippen LogP contribution in [-0.2, 0) is 35.0 Å².